The van der Waals surface area contributed by atoms with E-state index in [1.807, 2.05) is 93.5 Å². The van der Waals surface area contributed by atoms with E-state index in [2.05, 4.69) is 0 Å². The largest absolute Gasteiger partial charge is 0.507 e. The molecule has 1 unspecified atom stereocenters. The van der Waals surface area contributed by atoms with Crippen molar-refractivity contribution in [2.24, 2.45) is 0 Å². The van der Waals surface area contributed by atoms with Crippen molar-refractivity contribution in [1.29, 1.82) is 0 Å². The zero-order valence-electron chi connectivity index (χ0n) is 23.0. The Morgan fingerprint density at radius 1 is 0.949 bits per heavy atom. The molecular weight excluding hydrogens is 492 g/mol. The molecule has 0 radical (unpaired) electrons. The fourth-order valence-electron chi connectivity index (χ4n) is 4.74. The van der Waals surface area contributed by atoms with Gasteiger partial charge in [0, 0.05) is 12.1 Å². The van der Waals surface area contributed by atoms with Gasteiger partial charge in [-0.25, -0.2) is 0 Å². The summed E-state index contributed by atoms with van der Waals surface area (Å²) in [6, 6.07) is 21.3. The molecule has 204 valence electrons. The Balaban J connectivity index is 1.77. The molecule has 4 rings (SSSR count). The summed E-state index contributed by atoms with van der Waals surface area (Å²) >= 11 is 0. The van der Waals surface area contributed by atoms with Gasteiger partial charge in [0.05, 0.1) is 18.2 Å². The fourth-order valence-corrected chi connectivity index (χ4v) is 4.74. The van der Waals surface area contributed by atoms with Crippen molar-refractivity contribution in [3.8, 4) is 17.2 Å². The molecule has 1 N–H and O–H groups in total. The second-order valence-corrected chi connectivity index (χ2v) is 9.96. The van der Waals surface area contributed by atoms with Gasteiger partial charge in [-0.15, -0.1) is 0 Å². The molecule has 1 saturated heterocycles. The van der Waals surface area contributed by atoms with E-state index in [1.165, 1.54) is 0 Å². The number of nitrogens with zero attached hydrogens (tertiary/aromatic N) is 2. The third-order valence-electron chi connectivity index (χ3n) is 6.62. The topological polar surface area (TPSA) is 79.3 Å². The monoisotopic (exact) mass is 528 g/mol. The van der Waals surface area contributed by atoms with Gasteiger partial charge in [-0.1, -0.05) is 37.3 Å². The minimum atomic E-state index is -0.748. The highest BCUT2D eigenvalue weighted by atomic mass is 16.5. The molecule has 7 nitrogen and oxygen atoms in total. The van der Waals surface area contributed by atoms with Crippen molar-refractivity contribution < 1.29 is 24.2 Å². The molecule has 1 atom stereocenters. The summed E-state index contributed by atoms with van der Waals surface area (Å²) < 4.78 is 11.8. The van der Waals surface area contributed by atoms with Crippen LogP contribution in [-0.4, -0.2) is 60.4 Å². The van der Waals surface area contributed by atoms with Crippen LogP contribution >= 0.6 is 0 Å². The number of rotatable bonds is 11. The van der Waals surface area contributed by atoms with Crippen LogP contribution in [-0.2, 0) is 9.59 Å². The number of ether oxygens (including phenoxy) is 2. The number of para-hydroxylation sites is 1. The number of ketones is 1. The van der Waals surface area contributed by atoms with E-state index < -0.39 is 17.7 Å². The highest BCUT2D eigenvalue weighted by Gasteiger charge is 2.46. The third-order valence-corrected chi connectivity index (χ3v) is 6.62. The Labute approximate surface area is 230 Å². The number of benzene rings is 3. The number of aliphatic hydroxyl groups is 1. The fraction of sp³-hybridized carbons (Fsp3) is 0.312. The van der Waals surface area contributed by atoms with Crippen LogP contribution in [0.25, 0.3) is 5.76 Å². The maximum Gasteiger partial charge on any atom is 0.295 e. The molecule has 7 heteroatoms. The van der Waals surface area contributed by atoms with Crippen molar-refractivity contribution >= 4 is 17.4 Å². The van der Waals surface area contributed by atoms with Gasteiger partial charge in [0.2, 0.25) is 0 Å². The SMILES string of the molecule is CCCOc1ccc(/C(O)=C2\C(=O)C(=O)N(CCCN(C)C)C2c2cccc(Oc3ccccc3)c2)c(C)c1. The molecule has 1 fully saturated rings. The predicted molar refractivity (Wildman–Crippen MR) is 152 cm³/mol. The first-order chi connectivity index (χ1) is 18.8. The van der Waals surface area contributed by atoms with Crippen molar-refractivity contribution in [3.63, 3.8) is 0 Å². The standard InChI is InChI=1S/C32H36N2O5/c1-5-19-38-25-15-16-27(22(2)20-25)30(35)28-29(34(32(37)31(28)36)18-10-17-33(3)4)23-11-9-14-26(21-23)39-24-12-7-6-8-13-24/h6-9,11-16,20-21,29,35H,5,10,17-19H2,1-4H3/b30-28+. The number of carbonyl (C=O) groups excluding carboxylic acids is 2. The van der Waals surface area contributed by atoms with E-state index in [0.717, 1.165) is 18.5 Å². The number of amides is 1. The molecule has 0 bridgehead atoms. The highest BCUT2D eigenvalue weighted by molar-refractivity contribution is 6.46. The number of aryl methyl sites for hydroxylation is 1. The van der Waals surface area contributed by atoms with Crippen LogP contribution in [0.5, 0.6) is 17.2 Å². The lowest BCUT2D eigenvalue weighted by Crippen LogP contribution is -2.32. The lowest BCUT2D eigenvalue weighted by Gasteiger charge is -2.26. The molecule has 3 aromatic carbocycles. The summed E-state index contributed by atoms with van der Waals surface area (Å²) in [6.45, 7) is 5.60. The molecule has 0 saturated carbocycles. The van der Waals surface area contributed by atoms with Crippen LogP contribution in [0.2, 0.25) is 0 Å². The van der Waals surface area contributed by atoms with Gasteiger partial charge in [0.1, 0.15) is 23.0 Å². The molecule has 1 aliphatic heterocycles. The quantitative estimate of drug-likeness (QED) is 0.188. The number of hydrogen-bond donors (Lipinski definition) is 1. The van der Waals surface area contributed by atoms with Crippen molar-refractivity contribution in [2.45, 2.75) is 32.7 Å². The minimum Gasteiger partial charge on any atom is -0.507 e. The highest BCUT2D eigenvalue weighted by Crippen LogP contribution is 2.41. The summed E-state index contributed by atoms with van der Waals surface area (Å²) in [6.07, 6.45) is 1.56. The molecule has 0 spiro atoms. The van der Waals surface area contributed by atoms with Gasteiger partial charge in [0.25, 0.3) is 11.7 Å². The average Bonchev–Trinajstić information content (AvgIpc) is 3.17. The van der Waals surface area contributed by atoms with Crippen LogP contribution in [0.4, 0.5) is 0 Å². The number of likely N-dealkylation sites (tertiary alicyclic amines) is 1. The maximum atomic E-state index is 13.4. The van der Waals surface area contributed by atoms with Crippen molar-refractivity contribution in [1.82, 2.24) is 9.80 Å². The Morgan fingerprint density at radius 2 is 1.69 bits per heavy atom. The van der Waals surface area contributed by atoms with E-state index in [-0.39, 0.29) is 11.3 Å². The lowest BCUT2D eigenvalue weighted by atomic mass is 9.93. The maximum absolute atomic E-state index is 13.4. The van der Waals surface area contributed by atoms with Crippen LogP contribution in [0.1, 0.15) is 42.5 Å². The van der Waals surface area contributed by atoms with Gasteiger partial charge >= 0.3 is 0 Å². The minimum absolute atomic E-state index is 0.0760. The second kappa shape index (κ2) is 12.6. The Bertz CT molecular complexity index is 1350. The Hall–Kier alpha value is -4.10. The first kappa shape index (κ1) is 27.9. The van der Waals surface area contributed by atoms with Gasteiger partial charge in [-0.3, -0.25) is 9.59 Å². The van der Waals surface area contributed by atoms with E-state index in [1.54, 1.807) is 17.0 Å². The summed E-state index contributed by atoms with van der Waals surface area (Å²) in [7, 11) is 3.93. The van der Waals surface area contributed by atoms with Crippen LogP contribution in [0, 0.1) is 6.92 Å². The number of carbonyl (C=O) groups is 2. The molecule has 0 aliphatic carbocycles. The van der Waals surface area contributed by atoms with E-state index in [4.69, 9.17) is 9.47 Å². The number of hydrogen-bond acceptors (Lipinski definition) is 6. The molecule has 0 aromatic heterocycles. The molecule has 1 amide bonds. The lowest BCUT2D eigenvalue weighted by molar-refractivity contribution is -0.139. The van der Waals surface area contributed by atoms with Crippen molar-refractivity contribution in [2.75, 3.05) is 33.8 Å². The summed E-state index contributed by atoms with van der Waals surface area (Å²) in [5.41, 5.74) is 2.01. The first-order valence-corrected chi connectivity index (χ1v) is 13.3. The van der Waals surface area contributed by atoms with E-state index in [0.29, 0.717) is 47.9 Å². The smallest absolute Gasteiger partial charge is 0.295 e. The van der Waals surface area contributed by atoms with Gasteiger partial charge in [0.15, 0.2) is 0 Å². The molecule has 3 aromatic rings. The molecule has 39 heavy (non-hydrogen) atoms. The molecular formula is C32H36N2O5. The van der Waals surface area contributed by atoms with Gasteiger partial charge in [-0.05, 0) is 94.0 Å². The van der Waals surface area contributed by atoms with Gasteiger partial charge in [-0.2, -0.15) is 0 Å². The summed E-state index contributed by atoms with van der Waals surface area (Å²) in [4.78, 5) is 30.3. The predicted octanol–water partition coefficient (Wildman–Crippen LogP) is 5.95. The first-order valence-electron chi connectivity index (χ1n) is 13.3. The van der Waals surface area contributed by atoms with Crippen LogP contribution < -0.4 is 9.47 Å². The summed E-state index contributed by atoms with van der Waals surface area (Å²) in [5, 5.41) is 11.5. The van der Waals surface area contributed by atoms with Crippen LogP contribution in [0.3, 0.4) is 0 Å². The van der Waals surface area contributed by atoms with E-state index >= 15 is 0 Å². The Morgan fingerprint density at radius 3 is 2.38 bits per heavy atom. The zero-order chi connectivity index (χ0) is 27.9. The number of aliphatic hydroxyl groups excluding tert-OH is 1. The number of Topliss-reactive ketones (excluding diaryl/α,β-unsaturated/α-hetero) is 1. The summed E-state index contributed by atoms with van der Waals surface area (Å²) in [5.74, 6) is 0.444. The van der Waals surface area contributed by atoms with Crippen molar-refractivity contribution in [3.05, 3.63) is 95.1 Å². The normalized spacial score (nSPS) is 16.6. The molecule has 1 heterocycles. The Kier molecular flexibility index (Phi) is 9.04. The molecule has 1 aliphatic rings. The average molecular weight is 529 g/mol. The third kappa shape index (κ3) is 6.49. The van der Waals surface area contributed by atoms with Crippen LogP contribution in [0.15, 0.2) is 78.4 Å². The van der Waals surface area contributed by atoms with E-state index in [9.17, 15) is 14.7 Å². The van der Waals surface area contributed by atoms with Gasteiger partial charge < -0.3 is 24.4 Å². The zero-order valence-corrected chi connectivity index (χ0v) is 23.0. The second-order valence-electron chi connectivity index (χ2n) is 9.96.